The highest BCUT2D eigenvalue weighted by Crippen LogP contribution is 2.29. The van der Waals surface area contributed by atoms with Crippen molar-refractivity contribution in [2.75, 3.05) is 6.61 Å². The molecule has 1 aliphatic heterocycles. The van der Waals surface area contributed by atoms with Crippen LogP contribution < -0.4 is 0 Å². The molecule has 1 aromatic heterocycles. The summed E-state index contributed by atoms with van der Waals surface area (Å²) in [7, 11) is -1.35. The highest BCUT2D eigenvalue weighted by atomic mass is 32.2. The first-order valence-corrected chi connectivity index (χ1v) is 6.81. The molecule has 0 unspecified atom stereocenters. The number of carbonyl (C=O) groups excluding carboxylic acids is 1. The van der Waals surface area contributed by atoms with Gasteiger partial charge in [0.05, 0.1) is 18.1 Å². The summed E-state index contributed by atoms with van der Waals surface area (Å²) in [6.07, 6.45) is 1.69. The van der Waals surface area contributed by atoms with Crippen molar-refractivity contribution in [3.05, 3.63) is 23.0 Å². The lowest BCUT2D eigenvalue weighted by Gasteiger charge is -2.05. The number of hydrogen-bond donors (Lipinski definition) is 0. The second-order valence-corrected chi connectivity index (χ2v) is 5.91. The number of carbonyl (C=O) groups is 1. The molecule has 0 fully saturated rings. The molecule has 0 atom stereocenters. The van der Waals surface area contributed by atoms with Gasteiger partial charge in [0, 0.05) is 18.8 Å². The van der Waals surface area contributed by atoms with Crippen molar-refractivity contribution < 1.29 is 17.9 Å². The molecule has 1 aliphatic rings. The van der Waals surface area contributed by atoms with Gasteiger partial charge in [-0.15, -0.1) is 0 Å². The van der Waals surface area contributed by atoms with Crippen molar-refractivity contribution in [3.8, 4) is 0 Å². The zero-order chi connectivity index (χ0) is 11.9. The molecule has 1 aromatic rings. The highest BCUT2D eigenvalue weighted by molar-refractivity contribution is 7.90. The number of rotatable bonds is 2. The van der Waals surface area contributed by atoms with Crippen LogP contribution in [0.5, 0.6) is 0 Å². The van der Waals surface area contributed by atoms with E-state index < -0.39 is 15.8 Å². The maximum atomic E-state index is 11.7. The van der Waals surface area contributed by atoms with Gasteiger partial charge in [-0.25, -0.2) is 13.2 Å². The van der Waals surface area contributed by atoms with Crippen molar-refractivity contribution in [1.82, 2.24) is 4.57 Å². The number of ether oxygens (including phenoxy) is 1. The smallest absolute Gasteiger partial charge is 0.355 e. The Morgan fingerprint density at radius 1 is 1.50 bits per heavy atom. The Labute approximate surface area is 93.9 Å². The van der Waals surface area contributed by atoms with Crippen LogP contribution in [0.1, 0.15) is 28.5 Å². The van der Waals surface area contributed by atoms with Crippen LogP contribution >= 0.6 is 0 Å². The Morgan fingerprint density at radius 2 is 2.19 bits per heavy atom. The molecule has 0 N–H and O–H groups in total. The van der Waals surface area contributed by atoms with E-state index in [0.29, 0.717) is 16.8 Å². The number of aryl methyl sites for hydroxylation is 1. The molecule has 6 heteroatoms. The topological polar surface area (TPSA) is 65.4 Å². The van der Waals surface area contributed by atoms with E-state index in [9.17, 15) is 13.2 Å². The SMILES string of the molecule is CCOC(=O)c1c2c(cn1C)CS(=O)(=O)C2. The number of nitrogens with zero attached hydrogens (tertiary/aromatic N) is 1. The van der Waals surface area contributed by atoms with E-state index >= 15 is 0 Å². The lowest BCUT2D eigenvalue weighted by Crippen LogP contribution is -2.12. The Morgan fingerprint density at radius 3 is 2.81 bits per heavy atom. The minimum atomic E-state index is -3.07. The second-order valence-electron chi connectivity index (χ2n) is 3.85. The minimum Gasteiger partial charge on any atom is -0.461 e. The van der Waals surface area contributed by atoms with Gasteiger partial charge in [0.2, 0.25) is 0 Å². The molecule has 0 spiro atoms. The monoisotopic (exact) mass is 243 g/mol. The number of esters is 1. The molecule has 0 amide bonds. The summed E-state index contributed by atoms with van der Waals surface area (Å²) in [5, 5.41) is 0. The van der Waals surface area contributed by atoms with Gasteiger partial charge in [0.15, 0.2) is 9.84 Å². The molecular formula is C10H13NO4S. The van der Waals surface area contributed by atoms with Gasteiger partial charge in [-0.05, 0) is 12.5 Å². The first-order chi connectivity index (χ1) is 7.44. The number of fused-ring (bicyclic) bond motifs is 1. The van der Waals surface area contributed by atoms with Crippen molar-refractivity contribution in [3.63, 3.8) is 0 Å². The molecule has 2 rings (SSSR count). The number of sulfone groups is 1. The normalized spacial score (nSPS) is 17.1. The van der Waals surface area contributed by atoms with Gasteiger partial charge in [-0.1, -0.05) is 0 Å². The van der Waals surface area contributed by atoms with Crippen LogP contribution in [-0.2, 0) is 33.1 Å². The molecule has 2 heterocycles. The third-order valence-corrected chi connectivity index (χ3v) is 4.06. The van der Waals surface area contributed by atoms with Crippen molar-refractivity contribution in [1.29, 1.82) is 0 Å². The van der Waals surface area contributed by atoms with E-state index in [1.165, 1.54) is 0 Å². The summed E-state index contributed by atoms with van der Waals surface area (Å²) in [6, 6.07) is 0. The van der Waals surface area contributed by atoms with E-state index in [1.54, 1.807) is 24.7 Å². The zero-order valence-corrected chi connectivity index (χ0v) is 10.0. The molecule has 0 aliphatic carbocycles. The van der Waals surface area contributed by atoms with E-state index in [2.05, 4.69) is 0 Å². The molecule has 0 saturated carbocycles. The van der Waals surface area contributed by atoms with Gasteiger partial charge in [-0.2, -0.15) is 0 Å². The first-order valence-electron chi connectivity index (χ1n) is 4.99. The fourth-order valence-electron chi connectivity index (χ4n) is 2.00. The van der Waals surface area contributed by atoms with Gasteiger partial charge < -0.3 is 9.30 Å². The van der Waals surface area contributed by atoms with Gasteiger partial charge in [0.25, 0.3) is 0 Å². The van der Waals surface area contributed by atoms with E-state index in [1.807, 2.05) is 0 Å². The lowest BCUT2D eigenvalue weighted by atomic mass is 10.2. The Balaban J connectivity index is 2.45. The maximum Gasteiger partial charge on any atom is 0.355 e. The highest BCUT2D eigenvalue weighted by Gasteiger charge is 2.32. The van der Waals surface area contributed by atoms with Crippen LogP contribution in [0.4, 0.5) is 0 Å². The molecule has 0 aromatic carbocycles. The average molecular weight is 243 g/mol. The summed E-state index contributed by atoms with van der Waals surface area (Å²) in [5.74, 6) is -0.490. The van der Waals surface area contributed by atoms with Crippen LogP contribution in [0.15, 0.2) is 6.20 Å². The van der Waals surface area contributed by atoms with E-state index in [4.69, 9.17) is 4.74 Å². The number of hydrogen-bond acceptors (Lipinski definition) is 4. The predicted molar refractivity (Wildman–Crippen MR) is 57.7 cm³/mol. The Kier molecular flexibility index (Phi) is 2.53. The molecule has 0 bridgehead atoms. The van der Waals surface area contributed by atoms with Gasteiger partial charge in [-0.3, -0.25) is 0 Å². The van der Waals surface area contributed by atoms with Crippen LogP contribution in [0, 0.1) is 0 Å². The van der Waals surface area contributed by atoms with Crippen LogP contribution in [0.3, 0.4) is 0 Å². The second kappa shape index (κ2) is 3.62. The molecule has 5 nitrogen and oxygen atoms in total. The summed E-state index contributed by atoms with van der Waals surface area (Å²) < 4.78 is 29.4. The standard InChI is InChI=1S/C10H13NO4S/c1-3-15-10(12)9-8-6-16(13,14)5-7(8)4-11(9)2/h4H,3,5-6H2,1-2H3. The fraction of sp³-hybridized carbons (Fsp3) is 0.500. The van der Waals surface area contributed by atoms with Crippen molar-refractivity contribution >= 4 is 15.8 Å². The predicted octanol–water partition coefficient (Wildman–Crippen LogP) is 0.630. The third-order valence-electron chi connectivity index (χ3n) is 2.58. The van der Waals surface area contributed by atoms with E-state index in [-0.39, 0.29) is 18.1 Å². The summed E-state index contributed by atoms with van der Waals surface area (Å²) in [6.45, 7) is 2.00. The molecule has 0 radical (unpaired) electrons. The minimum absolute atomic E-state index is 0.0234. The largest absolute Gasteiger partial charge is 0.461 e. The van der Waals surface area contributed by atoms with E-state index in [0.717, 1.165) is 0 Å². The third kappa shape index (κ3) is 1.73. The van der Waals surface area contributed by atoms with Crippen LogP contribution in [0.25, 0.3) is 0 Å². The van der Waals surface area contributed by atoms with Crippen molar-refractivity contribution in [2.45, 2.75) is 18.4 Å². The zero-order valence-electron chi connectivity index (χ0n) is 9.19. The average Bonchev–Trinajstić information content (AvgIpc) is 2.55. The first kappa shape index (κ1) is 11.2. The maximum absolute atomic E-state index is 11.7. The number of aromatic nitrogens is 1. The summed E-state index contributed by atoms with van der Waals surface area (Å²) in [5.41, 5.74) is 1.67. The fourth-order valence-corrected chi connectivity index (χ4v) is 3.59. The van der Waals surface area contributed by atoms with Gasteiger partial charge >= 0.3 is 5.97 Å². The van der Waals surface area contributed by atoms with Crippen LogP contribution in [0.2, 0.25) is 0 Å². The quantitative estimate of drug-likeness (QED) is 0.715. The molecule has 0 saturated heterocycles. The molecule has 16 heavy (non-hydrogen) atoms. The summed E-state index contributed by atoms with van der Waals surface area (Å²) in [4.78, 5) is 11.7. The molecular weight excluding hydrogens is 230 g/mol. The van der Waals surface area contributed by atoms with Crippen LogP contribution in [-0.4, -0.2) is 25.6 Å². The van der Waals surface area contributed by atoms with Crippen molar-refractivity contribution in [2.24, 2.45) is 7.05 Å². The summed E-state index contributed by atoms with van der Waals surface area (Å²) >= 11 is 0. The lowest BCUT2D eigenvalue weighted by molar-refractivity contribution is 0.0514. The van der Waals surface area contributed by atoms with Gasteiger partial charge in [0.1, 0.15) is 5.69 Å². The Bertz CT molecular complexity index is 541. The Hall–Kier alpha value is -1.30. The molecule has 88 valence electrons.